The van der Waals surface area contributed by atoms with Crippen LogP contribution < -0.4 is 5.32 Å². The van der Waals surface area contributed by atoms with E-state index in [0.717, 1.165) is 24.0 Å². The van der Waals surface area contributed by atoms with E-state index in [1.165, 1.54) is 23.5 Å². The molecule has 3 rings (SSSR count). The summed E-state index contributed by atoms with van der Waals surface area (Å²) in [5, 5.41) is 5.74. The van der Waals surface area contributed by atoms with Crippen molar-refractivity contribution in [1.29, 1.82) is 0 Å². The molecule has 1 aliphatic carbocycles. The van der Waals surface area contributed by atoms with Crippen molar-refractivity contribution in [3.63, 3.8) is 0 Å². The Hall–Kier alpha value is -1.49. The first-order valence-electron chi connectivity index (χ1n) is 5.40. The third kappa shape index (κ3) is 2.15. The van der Waals surface area contributed by atoms with Crippen molar-refractivity contribution in [2.75, 3.05) is 5.32 Å². The van der Waals surface area contributed by atoms with E-state index in [-0.39, 0.29) is 5.56 Å². The summed E-state index contributed by atoms with van der Waals surface area (Å²) in [7, 11) is 0. The zero-order valence-electron chi connectivity index (χ0n) is 8.91. The van der Waals surface area contributed by atoms with Gasteiger partial charge in [0.25, 0.3) is 0 Å². The number of halogens is 2. The Kier molecular flexibility index (Phi) is 2.55. The lowest BCUT2D eigenvalue weighted by molar-refractivity contribution is 0.511. The van der Waals surface area contributed by atoms with Gasteiger partial charge in [0.05, 0.1) is 5.69 Å². The first-order chi connectivity index (χ1) is 8.24. The Balaban J connectivity index is 1.91. The van der Waals surface area contributed by atoms with E-state index < -0.39 is 11.6 Å². The lowest BCUT2D eigenvalue weighted by Crippen LogP contribution is -1.99. The van der Waals surface area contributed by atoms with Gasteiger partial charge in [0.15, 0.2) is 16.8 Å². The number of benzene rings is 1. The summed E-state index contributed by atoms with van der Waals surface area (Å²) in [5.41, 5.74) is 0.695. The summed E-state index contributed by atoms with van der Waals surface area (Å²) in [6.07, 6.45) is 2.31. The molecular weight excluding hydrogens is 242 g/mol. The van der Waals surface area contributed by atoms with Crippen molar-refractivity contribution in [2.45, 2.75) is 18.9 Å². The molecule has 0 amide bonds. The molecule has 0 atom stereocenters. The highest BCUT2D eigenvalue weighted by Crippen LogP contribution is 2.31. The topological polar surface area (TPSA) is 24.9 Å². The molecule has 1 fully saturated rings. The highest BCUT2D eigenvalue weighted by molar-refractivity contribution is 7.14. The molecule has 0 radical (unpaired) electrons. The van der Waals surface area contributed by atoms with E-state index in [9.17, 15) is 8.78 Å². The molecule has 2 nitrogen and oxygen atoms in total. The second-order valence-corrected chi connectivity index (χ2v) is 4.92. The summed E-state index contributed by atoms with van der Waals surface area (Å²) in [5.74, 6) is -1.68. The number of thiazole rings is 1. The van der Waals surface area contributed by atoms with Crippen molar-refractivity contribution in [3.05, 3.63) is 35.2 Å². The first-order valence-corrected chi connectivity index (χ1v) is 6.28. The van der Waals surface area contributed by atoms with Gasteiger partial charge < -0.3 is 5.32 Å². The van der Waals surface area contributed by atoms with Crippen LogP contribution in [0.1, 0.15) is 12.8 Å². The fraction of sp³-hybridized carbons (Fsp3) is 0.250. The molecule has 17 heavy (non-hydrogen) atoms. The fourth-order valence-electron chi connectivity index (χ4n) is 1.57. The normalized spacial score (nSPS) is 14.9. The van der Waals surface area contributed by atoms with Crippen molar-refractivity contribution >= 4 is 16.5 Å². The maximum atomic E-state index is 13.5. The number of nitrogens with zero attached hydrogens (tertiary/aromatic N) is 1. The van der Waals surface area contributed by atoms with Crippen LogP contribution in [-0.4, -0.2) is 11.0 Å². The Bertz CT molecular complexity index is 549. The van der Waals surface area contributed by atoms with Crippen LogP contribution in [0.3, 0.4) is 0 Å². The van der Waals surface area contributed by atoms with Gasteiger partial charge in [0, 0.05) is 17.0 Å². The molecule has 2 aromatic rings. The van der Waals surface area contributed by atoms with E-state index in [1.54, 1.807) is 5.38 Å². The Morgan fingerprint density at radius 2 is 2.12 bits per heavy atom. The van der Waals surface area contributed by atoms with Gasteiger partial charge in [-0.15, -0.1) is 11.3 Å². The molecule has 88 valence electrons. The molecule has 0 aliphatic heterocycles. The molecule has 0 unspecified atom stereocenters. The van der Waals surface area contributed by atoms with Gasteiger partial charge >= 0.3 is 0 Å². The van der Waals surface area contributed by atoms with E-state index >= 15 is 0 Å². The zero-order chi connectivity index (χ0) is 11.8. The van der Waals surface area contributed by atoms with Crippen LogP contribution in [-0.2, 0) is 0 Å². The van der Waals surface area contributed by atoms with E-state index in [2.05, 4.69) is 10.3 Å². The predicted molar refractivity (Wildman–Crippen MR) is 64.1 cm³/mol. The summed E-state index contributed by atoms with van der Waals surface area (Å²) >= 11 is 1.42. The van der Waals surface area contributed by atoms with Gasteiger partial charge in [-0.1, -0.05) is 6.07 Å². The molecule has 0 saturated heterocycles. The standard InChI is InChI=1S/C12H10F2N2S/c13-9-3-1-2-8(11(9)14)10-6-17-12(16-10)15-7-4-5-7/h1-3,6-7H,4-5H2,(H,15,16). The summed E-state index contributed by atoms with van der Waals surface area (Å²) < 4.78 is 26.6. The molecule has 1 aliphatic rings. The summed E-state index contributed by atoms with van der Waals surface area (Å²) in [6.45, 7) is 0. The SMILES string of the molecule is Fc1cccc(-c2csc(NC3CC3)n2)c1F. The van der Waals surface area contributed by atoms with Crippen molar-refractivity contribution < 1.29 is 8.78 Å². The highest BCUT2D eigenvalue weighted by Gasteiger charge is 2.22. The van der Waals surface area contributed by atoms with E-state index in [0.29, 0.717) is 11.7 Å². The molecule has 5 heteroatoms. The molecule has 1 N–H and O–H groups in total. The molecular formula is C12H10F2N2S. The number of aromatic nitrogens is 1. The zero-order valence-corrected chi connectivity index (χ0v) is 9.73. The van der Waals surface area contributed by atoms with Gasteiger partial charge in [-0.3, -0.25) is 0 Å². The smallest absolute Gasteiger partial charge is 0.183 e. The third-order valence-corrected chi connectivity index (χ3v) is 3.41. The Morgan fingerprint density at radius 3 is 2.88 bits per heavy atom. The number of hydrogen-bond acceptors (Lipinski definition) is 3. The summed E-state index contributed by atoms with van der Waals surface area (Å²) in [6, 6.07) is 4.63. The monoisotopic (exact) mass is 252 g/mol. The predicted octanol–water partition coefficient (Wildman–Crippen LogP) is 3.66. The average molecular weight is 252 g/mol. The van der Waals surface area contributed by atoms with Gasteiger partial charge in [-0.05, 0) is 25.0 Å². The van der Waals surface area contributed by atoms with Crippen molar-refractivity contribution in [1.82, 2.24) is 4.98 Å². The Labute approximate surface area is 101 Å². The molecule has 0 bridgehead atoms. The average Bonchev–Trinajstić information content (AvgIpc) is 3.00. The van der Waals surface area contributed by atoms with Crippen molar-refractivity contribution in [2.24, 2.45) is 0 Å². The van der Waals surface area contributed by atoms with Crippen molar-refractivity contribution in [3.8, 4) is 11.3 Å². The van der Waals surface area contributed by atoms with E-state index in [1.807, 2.05) is 0 Å². The molecule has 1 aromatic carbocycles. The molecule has 1 saturated carbocycles. The van der Waals surface area contributed by atoms with Crippen LogP contribution in [0.15, 0.2) is 23.6 Å². The minimum absolute atomic E-state index is 0.213. The van der Waals surface area contributed by atoms with Gasteiger partial charge in [0.2, 0.25) is 0 Å². The largest absolute Gasteiger partial charge is 0.359 e. The summed E-state index contributed by atoms with van der Waals surface area (Å²) in [4.78, 5) is 4.26. The van der Waals surface area contributed by atoms with Crippen LogP contribution >= 0.6 is 11.3 Å². The number of rotatable bonds is 3. The molecule has 1 heterocycles. The minimum Gasteiger partial charge on any atom is -0.359 e. The molecule has 0 spiro atoms. The van der Waals surface area contributed by atoms with E-state index in [4.69, 9.17) is 0 Å². The van der Waals surface area contributed by atoms with Crippen LogP contribution in [0, 0.1) is 11.6 Å². The number of anilines is 1. The highest BCUT2D eigenvalue weighted by atomic mass is 32.1. The first kappa shape index (κ1) is 10.7. The van der Waals surface area contributed by atoms with Gasteiger partial charge in [-0.25, -0.2) is 13.8 Å². The van der Waals surface area contributed by atoms with Crippen LogP contribution in [0.4, 0.5) is 13.9 Å². The maximum absolute atomic E-state index is 13.5. The second kappa shape index (κ2) is 4.07. The lowest BCUT2D eigenvalue weighted by Gasteiger charge is -2.00. The Morgan fingerprint density at radius 1 is 1.29 bits per heavy atom. The van der Waals surface area contributed by atoms with Crippen LogP contribution in [0.25, 0.3) is 11.3 Å². The second-order valence-electron chi connectivity index (χ2n) is 4.06. The quantitative estimate of drug-likeness (QED) is 0.901. The number of hydrogen-bond donors (Lipinski definition) is 1. The third-order valence-electron chi connectivity index (χ3n) is 2.64. The minimum atomic E-state index is -0.841. The number of nitrogens with one attached hydrogen (secondary N) is 1. The van der Waals surface area contributed by atoms with Gasteiger partial charge in [-0.2, -0.15) is 0 Å². The lowest BCUT2D eigenvalue weighted by atomic mass is 10.1. The fourth-order valence-corrected chi connectivity index (χ4v) is 2.36. The van der Waals surface area contributed by atoms with Gasteiger partial charge in [0.1, 0.15) is 0 Å². The molecule has 1 aromatic heterocycles. The van der Waals surface area contributed by atoms with Crippen LogP contribution in [0.2, 0.25) is 0 Å². The maximum Gasteiger partial charge on any atom is 0.183 e. The van der Waals surface area contributed by atoms with Crippen LogP contribution in [0.5, 0.6) is 0 Å².